The molecule has 2 saturated heterocycles. The fraction of sp³-hybridized carbons (Fsp3) is 0.632. The molecule has 1 N–H and O–H groups in total. The van der Waals surface area contributed by atoms with Crippen LogP contribution in [0.1, 0.15) is 49.9 Å². The topological polar surface area (TPSA) is 73.7 Å². The van der Waals surface area contributed by atoms with Gasteiger partial charge in [0.1, 0.15) is 5.82 Å². The van der Waals surface area contributed by atoms with E-state index in [2.05, 4.69) is 9.88 Å². The zero-order chi connectivity index (χ0) is 18.0. The van der Waals surface area contributed by atoms with Gasteiger partial charge in [0.05, 0.1) is 11.0 Å². The standard InChI is InChI=1S/C19H27N3O3/c1-19(2,18(24)25)15-7-11-22(12-8-15)17(23)14-5-6-16(20-13-14)21-9-3-4-10-21/h5-6,13,15H,3-4,7-12H2,1-2H3,(H,24,25). The van der Waals surface area contributed by atoms with Gasteiger partial charge in [0.15, 0.2) is 0 Å². The highest BCUT2D eigenvalue weighted by atomic mass is 16.4. The van der Waals surface area contributed by atoms with E-state index in [1.54, 1.807) is 20.0 Å². The number of hydrogen-bond donors (Lipinski definition) is 1. The van der Waals surface area contributed by atoms with E-state index >= 15 is 0 Å². The molecule has 0 radical (unpaired) electrons. The first-order chi connectivity index (χ1) is 11.9. The number of carbonyl (C=O) groups excluding carboxylic acids is 1. The Balaban J connectivity index is 1.60. The van der Waals surface area contributed by atoms with E-state index in [9.17, 15) is 14.7 Å². The van der Waals surface area contributed by atoms with Crippen LogP contribution in [0.3, 0.4) is 0 Å². The largest absolute Gasteiger partial charge is 0.481 e. The highest BCUT2D eigenvalue weighted by Gasteiger charge is 2.39. The van der Waals surface area contributed by atoms with Crippen molar-refractivity contribution >= 4 is 17.7 Å². The molecule has 0 spiro atoms. The molecule has 0 aliphatic carbocycles. The number of carbonyl (C=O) groups is 2. The van der Waals surface area contributed by atoms with Crippen LogP contribution in [0.5, 0.6) is 0 Å². The van der Waals surface area contributed by atoms with E-state index < -0.39 is 11.4 Å². The zero-order valence-corrected chi connectivity index (χ0v) is 15.1. The van der Waals surface area contributed by atoms with Gasteiger partial charge in [-0.05, 0) is 57.6 Å². The minimum atomic E-state index is -0.765. The van der Waals surface area contributed by atoms with Gasteiger partial charge in [-0.25, -0.2) is 4.98 Å². The Bertz CT molecular complexity index is 628. The predicted octanol–water partition coefficient (Wildman–Crippen LogP) is 2.64. The first-order valence-corrected chi connectivity index (χ1v) is 9.13. The van der Waals surface area contributed by atoms with Gasteiger partial charge in [-0.2, -0.15) is 0 Å². The van der Waals surface area contributed by atoms with Crippen LogP contribution in [-0.2, 0) is 4.79 Å². The van der Waals surface area contributed by atoms with Crippen LogP contribution in [0.25, 0.3) is 0 Å². The Morgan fingerprint density at radius 2 is 1.76 bits per heavy atom. The van der Waals surface area contributed by atoms with Gasteiger partial charge in [-0.1, -0.05) is 0 Å². The molecule has 0 saturated carbocycles. The van der Waals surface area contributed by atoms with Gasteiger partial charge in [0.2, 0.25) is 0 Å². The van der Waals surface area contributed by atoms with Crippen LogP contribution in [0.15, 0.2) is 18.3 Å². The van der Waals surface area contributed by atoms with Gasteiger partial charge in [-0.3, -0.25) is 9.59 Å². The summed E-state index contributed by atoms with van der Waals surface area (Å²) in [5.41, 5.74) is -0.132. The first kappa shape index (κ1) is 17.7. The van der Waals surface area contributed by atoms with Crippen molar-refractivity contribution in [2.75, 3.05) is 31.1 Å². The van der Waals surface area contributed by atoms with Gasteiger partial charge in [0.25, 0.3) is 5.91 Å². The Hall–Kier alpha value is -2.11. The van der Waals surface area contributed by atoms with E-state index in [-0.39, 0.29) is 11.8 Å². The summed E-state index contributed by atoms with van der Waals surface area (Å²) in [4.78, 5) is 32.6. The predicted molar refractivity (Wildman–Crippen MR) is 95.7 cm³/mol. The van der Waals surface area contributed by atoms with Crippen molar-refractivity contribution in [3.05, 3.63) is 23.9 Å². The van der Waals surface area contributed by atoms with Crippen LogP contribution in [0.2, 0.25) is 0 Å². The molecule has 1 amide bonds. The number of pyridine rings is 1. The normalized spacial score (nSPS) is 19.3. The summed E-state index contributed by atoms with van der Waals surface area (Å²) in [5.74, 6) is 0.270. The quantitative estimate of drug-likeness (QED) is 0.908. The Morgan fingerprint density at radius 3 is 2.28 bits per heavy atom. The summed E-state index contributed by atoms with van der Waals surface area (Å²) in [5, 5.41) is 9.37. The molecule has 0 aromatic carbocycles. The third kappa shape index (κ3) is 3.62. The van der Waals surface area contributed by atoms with E-state index in [0.717, 1.165) is 31.7 Å². The van der Waals surface area contributed by atoms with Crippen molar-refractivity contribution in [1.82, 2.24) is 9.88 Å². The molecule has 0 bridgehead atoms. The minimum absolute atomic E-state index is 0.00736. The van der Waals surface area contributed by atoms with Gasteiger partial charge in [0, 0.05) is 32.4 Å². The van der Waals surface area contributed by atoms with Crippen molar-refractivity contribution in [2.24, 2.45) is 11.3 Å². The van der Waals surface area contributed by atoms with Crippen molar-refractivity contribution in [3.8, 4) is 0 Å². The molecule has 136 valence electrons. The average Bonchev–Trinajstić information content (AvgIpc) is 3.16. The fourth-order valence-electron chi connectivity index (χ4n) is 3.81. The van der Waals surface area contributed by atoms with E-state index in [0.29, 0.717) is 18.7 Å². The molecule has 0 atom stereocenters. The molecule has 2 fully saturated rings. The molecule has 0 unspecified atom stereocenters. The third-order valence-electron chi connectivity index (χ3n) is 5.78. The lowest BCUT2D eigenvalue weighted by Crippen LogP contribution is -2.44. The number of aliphatic carboxylic acids is 1. The maximum atomic E-state index is 12.7. The second-order valence-corrected chi connectivity index (χ2v) is 7.69. The Morgan fingerprint density at radius 1 is 1.12 bits per heavy atom. The summed E-state index contributed by atoms with van der Waals surface area (Å²) in [7, 11) is 0. The number of anilines is 1. The molecule has 1 aromatic rings. The number of amides is 1. The molecule has 25 heavy (non-hydrogen) atoms. The van der Waals surface area contributed by atoms with Crippen molar-refractivity contribution in [3.63, 3.8) is 0 Å². The number of carboxylic acids is 1. The number of carboxylic acid groups (broad SMARTS) is 1. The third-order valence-corrected chi connectivity index (χ3v) is 5.78. The van der Waals surface area contributed by atoms with E-state index in [1.165, 1.54) is 12.8 Å². The molecule has 2 aliphatic heterocycles. The molecule has 3 heterocycles. The van der Waals surface area contributed by atoms with E-state index in [1.807, 2.05) is 17.0 Å². The summed E-state index contributed by atoms with van der Waals surface area (Å²) < 4.78 is 0. The lowest BCUT2D eigenvalue weighted by molar-refractivity contribution is -0.151. The minimum Gasteiger partial charge on any atom is -0.481 e. The molecule has 6 nitrogen and oxygen atoms in total. The van der Waals surface area contributed by atoms with Crippen molar-refractivity contribution in [1.29, 1.82) is 0 Å². The highest BCUT2D eigenvalue weighted by molar-refractivity contribution is 5.94. The highest BCUT2D eigenvalue weighted by Crippen LogP contribution is 2.35. The molecular formula is C19H27N3O3. The van der Waals surface area contributed by atoms with Crippen LogP contribution in [0.4, 0.5) is 5.82 Å². The summed E-state index contributed by atoms with van der Waals surface area (Å²) in [6.07, 6.45) is 5.52. The van der Waals surface area contributed by atoms with Crippen molar-refractivity contribution in [2.45, 2.75) is 39.5 Å². The van der Waals surface area contributed by atoms with Crippen LogP contribution >= 0.6 is 0 Å². The zero-order valence-electron chi connectivity index (χ0n) is 15.1. The molecular weight excluding hydrogens is 318 g/mol. The lowest BCUT2D eigenvalue weighted by Gasteiger charge is -2.38. The monoisotopic (exact) mass is 345 g/mol. The van der Waals surface area contributed by atoms with Crippen LogP contribution in [-0.4, -0.2) is 53.0 Å². The van der Waals surface area contributed by atoms with Gasteiger partial charge >= 0.3 is 5.97 Å². The molecule has 3 rings (SSSR count). The number of nitrogens with zero attached hydrogens (tertiary/aromatic N) is 3. The Kier molecular flexibility index (Phi) is 4.97. The second kappa shape index (κ2) is 7.02. The van der Waals surface area contributed by atoms with Crippen LogP contribution < -0.4 is 4.90 Å². The maximum Gasteiger partial charge on any atom is 0.309 e. The van der Waals surface area contributed by atoms with Gasteiger partial charge in [-0.15, -0.1) is 0 Å². The summed E-state index contributed by atoms with van der Waals surface area (Å²) >= 11 is 0. The Labute approximate surface area is 148 Å². The number of piperidine rings is 1. The van der Waals surface area contributed by atoms with Crippen LogP contribution in [0, 0.1) is 11.3 Å². The number of rotatable bonds is 4. The number of likely N-dealkylation sites (tertiary alicyclic amines) is 1. The van der Waals surface area contributed by atoms with Gasteiger partial charge < -0.3 is 14.9 Å². The number of hydrogen-bond acceptors (Lipinski definition) is 4. The second-order valence-electron chi connectivity index (χ2n) is 7.69. The van der Waals surface area contributed by atoms with E-state index in [4.69, 9.17) is 0 Å². The molecule has 1 aromatic heterocycles. The summed E-state index contributed by atoms with van der Waals surface area (Å²) in [6.45, 7) is 6.83. The smallest absolute Gasteiger partial charge is 0.309 e. The fourth-order valence-corrected chi connectivity index (χ4v) is 3.81. The lowest BCUT2D eigenvalue weighted by atomic mass is 9.73. The molecule has 6 heteroatoms. The molecule has 2 aliphatic rings. The van der Waals surface area contributed by atoms with Crippen molar-refractivity contribution < 1.29 is 14.7 Å². The average molecular weight is 345 g/mol. The summed E-state index contributed by atoms with van der Waals surface area (Å²) in [6, 6.07) is 3.79. The first-order valence-electron chi connectivity index (χ1n) is 9.13. The number of aromatic nitrogens is 1. The SMILES string of the molecule is CC(C)(C(=O)O)C1CCN(C(=O)c2ccc(N3CCCC3)nc2)CC1. The maximum absolute atomic E-state index is 12.7.